The molecule has 0 aliphatic heterocycles. The molecule has 3 aromatic rings. The van der Waals surface area contributed by atoms with E-state index in [1.165, 1.54) is 6.07 Å². The van der Waals surface area contributed by atoms with E-state index in [2.05, 4.69) is 15.5 Å². The molecule has 1 N–H and O–H groups in total. The second-order valence-corrected chi connectivity index (χ2v) is 5.37. The summed E-state index contributed by atoms with van der Waals surface area (Å²) in [7, 11) is 0. The van der Waals surface area contributed by atoms with Gasteiger partial charge in [0, 0.05) is 12.6 Å². The molecule has 5 nitrogen and oxygen atoms in total. The van der Waals surface area contributed by atoms with Gasteiger partial charge in [-0.15, -0.1) is 10.2 Å². The first-order chi connectivity index (χ1) is 11.1. The Bertz CT molecular complexity index is 830. The van der Waals surface area contributed by atoms with Gasteiger partial charge in [0.05, 0.1) is 6.04 Å². The van der Waals surface area contributed by atoms with Crippen LogP contribution in [0.3, 0.4) is 0 Å². The molecule has 0 aliphatic carbocycles. The fourth-order valence-corrected chi connectivity index (χ4v) is 2.48. The number of benzene rings is 1. The number of rotatable bonds is 5. The van der Waals surface area contributed by atoms with Gasteiger partial charge in [-0.25, -0.2) is 4.39 Å². The van der Waals surface area contributed by atoms with Gasteiger partial charge in [-0.1, -0.05) is 24.3 Å². The van der Waals surface area contributed by atoms with Gasteiger partial charge in [0.1, 0.15) is 5.82 Å². The summed E-state index contributed by atoms with van der Waals surface area (Å²) in [5, 5.41) is 11.1. The maximum Gasteiger partial charge on any atom is 0.220 e. The van der Waals surface area contributed by atoms with Gasteiger partial charge in [0.15, 0.2) is 11.5 Å². The van der Waals surface area contributed by atoms with Crippen molar-refractivity contribution in [3.05, 3.63) is 65.9 Å². The van der Waals surface area contributed by atoms with Crippen LogP contribution >= 0.6 is 0 Å². The van der Waals surface area contributed by atoms with Crippen LogP contribution in [0.25, 0.3) is 5.65 Å². The Kier molecular flexibility index (Phi) is 4.32. The Morgan fingerprint density at radius 3 is 2.83 bits per heavy atom. The van der Waals surface area contributed by atoms with Crippen LogP contribution in [0.5, 0.6) is 0 Å². The van der Waals surface area contributed by atoms with E-state index in [4.69, 9.17) is 0 Å². The molecule has 1 amide bonds. The number of hydrogen-bond donors (Lipinski definition) is 1. The van der Waals surface area contributed by atoms with E-state index in [9.17, 15) is 9.18 Å². The van der Waals surface area contributed by atoms with Crippen molar-refractivity contribution in [2.45, 2.75) is 25.8 Å². The number of fused-ring (bicyclic) bond motifs is 1. The minimum Gasteiger partial charge on any atom is -0.346 e. The lowest BCUT2D eigenvalue weighted by Gasteiger charge is -2.12. The van der Waals surface area contributed by atoms with Gasteiger partial charge < -0.3 is 5.32 Å². The number of hydrogen-bond acceptors (Lipinski definition) is 3. The number of nitrogens with zero attached hydrogens (tertiary/aromatic N) is 3. The van der Waals surface area contributed by atoms with Gasteiger partial charge in [-0.3, -0.25) is 9.20 Å². The summed E-state index contributed by atoms with van der Waals surface area (Å²) in [5.74, 6) is 0.241. The molecule has 0 radical (unpaired) electrons. The lowest BCUT2D eigenvalue weighted by Crippen LogP contribution is -2.28. The zero-order valence-electron chi connectivity index (χ0n) is 12.7. The van der Waals surface area contributed by atoms with E-state index in [-0.39, 0.29) is 24.2 Å². The van der Waals surface area contributed by atoms with Crippen molar-refractivity contribution in [3.8, 4) is 0 Å². The molecule has 23 heavy (non-hydrogen) atoms. The van der Waals surface area contributed by atoms with Crippen LogP contribution in [0.4, 0.5) is 4.39 Å². The van der Waals surface area contributed by atoms with Crippen molar-refractivity contribution in [1.82, 2.24) is 19.9 Å². The third kappa shape index (κ3) is 3.36. The first-order valence-corrected chi connectivity index (χ1v) is 7.47. The molecule has 0 aliphatic rings. The van der Waals surface area contributed by atoms with Crippen LogP contribution in [0.1, 0.15) is 30.8 Å². The summed E-state index contributed by atoms with van der Waals surface area (Å²) in [5.41, 5.74) is 1.28. The second kappa shape index (κ2) is 6.56. The molecule has 0 fully saturated rings. The maximum absolute atomic E-state index is 13.5. The van der Waals surface area contributed by atoms with Gasteiger partial charge in [0.2, 0.25) is 5.91 Å². The van der Waals surface area contributed by atoms with Crippen molar-refractivity contribution >= 4 is 11.6 Å². The average Bonchev–Trinajstić information content (AvgIpc) is 2.98. The van der Waals surface area contributed by atoms with E-state index in [1.54, 1.807) is 18.2 Å². The monoisotopic (exact) mass is 312 g/mol. The quantitative estimate of drug-likeness (QED) is 0.788. The van der Waals surface area contributed by atoms with Crippen molar-refractivity contribution < 1.29 is 9.18 Å². The van der Waals surface area contributed by atoms with Crippen molar-refractivity contribution in [2.75, 3.05) is 0 Å². The molecule has 3 rings (SSSR count). The van der Waals surface area contributed by atoms with Crippen LogP contribution in [0.2, 0.25) is 0 Å². The topological polar surface area (TPSA) is 59.3 Å². The third-order valence-corrected chi connectivity index (χ3v) is 3.68. The number of nitrogens with one attached hydrogen (secondary N) is 1. The van der Waals surface area contributed by atoms with Gasteiger partial charge in [-0.2, -0.15) is 0 Å². The SMILES string of the molecule is CC(NC(=O)CCc1ccccc1F)c1nnc2ccccn12. The number of aromatic nitrogens is 3. The zero-order valence-corrected chi connectivity index (χ0v) is 12.7. The van der Waals surface area contributed by atoms with E-state index in [0.717, 1.165) is 5.65 Å². The second-order valence-electron chi connectivity index (χ2n) is 5.37. The number of carbonyl (C=O) groups is 1. The molecule has 2 heterocycles. The first-order valence-electron chi connectivity index (χ1n) is 7.47. The highest BCUT2D eigenvalue weighted by molar-refractivity contribution is 5.76. The predicted molar refractivity (Wildman–Crippen MR) is 84.3 cm³/mol. The molecule has 0 saturated heterocycles. The predicted octanol–water partition coefficient (Wildman–Crippen LogP) is 2.68. The molecule has 0 bridgehead atoms. The molecule has 1 aromatic carbocycles. The van der Waals surface area contributed by atoms with Crippen LogP contribution in [-0.4, -0.2) is 20.5 Å². The van der Waals surface area contributed by atoms with Crippen LogP contribution in [-0.2, 0) is 11.2 Å². The van der Waals surface area contributed by atoms with Crippen molar-refractivity contribution in [3.63, 3.8) is 0 Å². The summed E-state index contributed by atoms with van der Waals surface area (Å²) in [4.78, 5) is 12.1. The number of halogens is 1. The average molecular weight is 312 g/mol. The summed E-state index contributed by atoms with van der Waals surface area (Å²) >= 11 is 0. The summed E-state index contributed by atoms with van der Waals surface area (Å²) in [6.45, 7) is 1.85. The molecule has 1 unspecified atom stereocenters. The molecule has 0 spiro atoms. The lowest BCUT2D eigenvalue weighted by atomic mass is 10.1. The standard InChI is InChI=1S/C17H17FN4O/c1-12(17-21-20-15-8-4-5-11-22(15)17)19-16(23)10-9-13-6-2-3-7-14(13)18/h2-8,11-12H,9-10H2,1H3,(H,19,23). The van der Waals surface area contributed by atoms with E-state index in [0.29, 0.717) is 17.8 Å². The number of carbonyl (C=O) groups excluding carboxylic acids is 1. The molecule has 6 heteroatoms. The highest BCUT2D eigenvalue weighted by atomic mass is 19.1. The molecular weight excluding hydrogens is 295 g/mol. The maximum atomic E-state index is 13.5. The minimum absolute atomic E-state index is 0.145. The van der Waals surface area contributed by atoms with Crippen molar-refractivity contribution in [2.24, 2.45) is 0 Å². The molecule has 1 atom stereocenters. The first kappa shape index (κ1) is 15.1. The molecule has 2 aromatic heterocycles. The smallest absolute Gasteiger partial charge is 0.220 e. The normalized spacial score (nSPS) is 12.3. The number of pyridine rings is 1. The summed E-state index contributed by atoms with van der Waals surface area (Å²) < 4.78 is 15.4. The van der Waals surface area contributed by atoms with Crippen LogP contribution < -0.4 is 5.32 Å². The van der Waals surface area contributed by atoms with E-state index in [1.807, 2.05) is 35.7 Å². The van der Waals surface area contributed by atoms with Gasteiger partial charge >= 0.3 is 0 Å². The Morgan fingerprint density at radius 2 is 2.00 bits per heavy atom. The van der Waals surface area contributed by atoms with Crippen molar-refractivity contribution in [1.29, 1.82) is 0 Å². The number of aryl methyl sites for hydroxylation is 1. The zero-order chi connectivity index (χ0) is 16.2. The Morgan fingerprint density at radius 1 is 1.22 bits per heavy atom. The largest absolute Gasteiger partial charge is 0.346 e. The number of amides is 1. The Balaban J connectivity index is 1.62. The summed E-state index contributed by atoms with van der Waals surface area (Å²) in [6, 6.07) is 11.8. The van der Waals surface area contributed by atoms with Crippen LogP contribution in [0, 0.1) is 5.82 Å². The molecule has 0 saturated carbocycles. The third-order valence-electron chi connectivity index (χ3n) is 3.68. The highest BCUT2D eigenvalue weighted by Crippen LogP contribution is 2.13. The Hall–Kier alpha value is -2.76. The Labute approximate surface area is 133 Å². The van der Waals surface area contributed by atoms with Crippen LogP contribution in [0.15, 0.2) is 48.7 Å². The van der Waals surface area contributed by atoms with Gasteiger partial charge in [-0.05, 0) is 37.1 Å². The van der Waals surface area contributed by atoms with E-state index >= 15 is 0 Å². The lowest BCUT2D eigenvalue weighted by molar-refractivity contribution is -0.121. The highest BCUT2D eigenvalue weighted by Gasteiger charge is 2.15. The van der Waals surface area contributed by atoms with Gasteiger partial charge in [0.25, 0.3) is 0 Å². The minimum atomic E-state index is -0.281. The molecule has 118 valence electrons. The summed E-state index contributed by atoms with van der Waals surface area (Å²) in [6.07, 6.45) is 2.44. The fraction of sp³-hybridized carbons (Fsp3) is 0.235. The fourth-order valence-electron chi connectivity index (χ4n) is 2.48. The molecular formula is C17H17FN4O. The van der Waals surface area contributed by atoms with E-state index < -0.39 is 0 Å².